The Labute approximate surface area is 189 Å². The predicted molar refractivity (Wildman–Crippen MR) is 121 cm³/mol. The van der Waals surface area contributed by atoms with Crippen molar-refractivity contribution >= 4 is 29.1 Å². The number of carbonyl (C=O) groups is 1. The van der Waals surface area contributed by atoms with Crippen molar-refractivity contribution in [2.75, 3.05) is 6.54 Å². The molecule has 0 spiro atoms. The molecule has 1 heterocycles. The van der Waals surface area contributed by atoms with E-state index in [-0.39, 0.29) is 5.56 Å². The number of pyridine rings is 1. The van der Waals surface area contributed by atoms with Crippen LogP contribution >= 0.6 is 23.2 Å². The summed E-state index contributed by atoms with van der Waals surface area (Å²) in [6.07, 6.45) is 1.28. The number of halogens is 3. The SMILES string of the molecule is Cc1cc(F)cc(-c2cc(C(=O)NCCCc3ccc(Cl)c(Cl)c3)c(O)c(=O)n2C)c1. The highest BCUT2D eigenvalue weighted by atomic mass is 35.5. The molecule has 0 fully saturated rings. The molecule has 31 heavy (non-hydrogen) atoms. The first-order chi connectivity index (χ1) is 14.7. The molecule has 2 aromatic carbocycles. The minimum atomic E-state index is -0.736. The van der Waals surface area contributed by atoms with Crippen LogP contribution in [0.4, 0.5) is 4.39 Å². The molecule has 0 aliphatic carbocycles. The van der Waals surface area contributed by atoms with Crippen LogP contribution in [0, 0.1) is 12.7 Å². The van der Waals surface area contributed by atoms with E-state index in [0.29, 0.717) is 46.3 Å². The fourth-order valence-electron chi connectivity index (χ4n) is 3.30. The van der Waals surface area contributed by atoms with Gasteiger partial charge in [-0.3, -0.25) is 9.59 Å². The number of amides is 1. The highest BCUT2D eigenvalue weighted by Crippen LogP contribution is 2.25. The van der Waals surface area contributed by atoms with E-state index in [1.54, 1.807) is 25.1 Å². The smallest absolute Gasteiger partial charge is 0.293 e. The molecule has 8 heteroatoms. The second-order valence-corrected chi connectivity index (χ2v) is 8.10. The maximum absolute atomic E-state index is 13.8. The van der Waals surface area contributed by atoms with Gasteiger partial charge in [-0.05, 0) is 67.3 Å². The minimum absolute atomic E-state index is 0.158. The third-order valence-electron chi connectivity index (χ3n) is 4.90. The second-order valence-electron chi connectivity index (χ2n) is 7.28. The predicted octanol–water partition coefficient (Wildman–Crippen LogP) is 4.87. The molecule has 5 nitrogen and oxygen atoms in total. The summed E-state index contributed by atoms with van der Waals surface area (Å²) in [5.41, 5.74) is 1.51. The van der Waals surface area contributed by atoms with Gasteiger partial charge < -0.3 is 15.0 Å². The highest BCUT2D eigenvalue weighted by molar-refractivity contribution is 6.42. The van der Waals surface area contributed by atoms with Crippen LogP contribution in [-0.4, -0.2) is 22.1 Å². The largest absolute Gasteiger partial charge is 0.502 e. The summed E-state index contributed by atoms with van der Waals surface area (Å²) in [6.45, 7) is 2.05. The lowest BCUT2D eigenvalue weighted by molar-refractivity contribution is 0.0950. The zero-order valence-corrected chi connectivity index (χ0v) is 18.5. The summed E-state index contributed by atoms with van der Waals surface area (Å²) < 4.78 is 15.0. The van der Waals surface area contributed by atoms with Crippen LogP contribution in [0.1, 0.15) is 27.9 Å². The van der Waals surface area contributed by atoms with Crippen LogP contribution in [0.15, 0.2) is 47.3 Å². The lowest BCUT2D eigenvalue weighted by atomic mass is 10.0. The van der Waals surface area contributed by atoms with Crippen molar-refractivity contribution in [2.24, 2.45) is 7.05 Å². The summed E-state index contributed by atoms with van der Waals surface area (Å²) in [5, 5.41) is 13.9. The average Bonchev–Trinajstić information content (AvgIpc) is 2.71. The van der Waals surface area contributed by atoms with Gasteiger partial charge in [0.2, 0.25) is 0 Å². The van der Waals surface area contributed by atoms with Crippen LogP contribution < -0.4 is 10.9 Å². The molecule has 0 unspecified atom stereocenters. The quantitative estimate of drug-likeness (QED) is 0.513. The second kappa shape index (κ2) is 9.54. The molecule has 0 aliphatic heterocycles. The first kappa shape index (κ1) is 22.8. The van der Waals surface area contributed by atoms with Crippen molar-refractivity contribution in [2.45, 2.75) is 19.8 Å². The number of aromatic hydroxyl groups is 1. The normalized spacial score (nSPS) is 10.9. The minimum Gasteiger partial charge on any atom is -0.502 e. The van der Waals surface area contributed by atoms with E-state index in [1.807, 2.05) is 6.07 Å². The number of aromatic nitrogens is 1. The van der Waals surface area contributed by atoms with Crippen LogP contribution in [0.5, 0.6) is 5.75 Å². The Morgan fingerprint density at radius 1 is 1.13 bits per heavy atom. The van der Waals surface area contributed by atoms with Gasteiger partial charge in [0.15, 0.2) is 5.75 Å². The molecule has 1 aromatic heterocycles. The number of hydrogen-bond acceptors (Lipinski definition) is 3. The first-order valence-corrected chi connectivity index (χ1v) is 10.4. The Balaban J connectivity index is 1.76. The van der Waals surface area contributed by atoms with Crippen LogP contribution in [0.2, 0.25) is 10.0 Å². The maximum atomic E-state index is 13.8. The van der Waals surface area contributed by atoms with E-state index in [4.69, 9.17) is 23.2 Å². The fourth-order valence-corrected chi connectivity index (χ4v) is 3.63. The zero-order chi connectivity index (χ0) is 22.7. The lowest BCUT2D eigenvalue weighted by Crippen LogP contribution is -2.28. The van der Waals surface area contributed by atoms with Gasteiger partial charge in [-0.1, -0.05) is 29.3 Å². The Morgan fingerprint density at radius 2 is 1.87 bits per heavy atom. The molecular weight excluding hydrogens is 442 g/mol. The average molecular weight is 463 g/mol. The van der Waals surface area contributed by atoms with Gasteiger partial charge in [0.25, 0.3) is 11.5 Å². The third kappa shape index (κ3) is 5.27. The van der Waals surface area contributed by atoms with Crippen molar-refractivity contribution in [1.29, 1.82) is 0 Å². The van der Waals surface area contributed by atoms with Gasteiger partial charge in [-0.2, -0.15) is 0 Å². The number of nitrogens with one attached hydrogen (secondary N) is 1. The van der Waals surface area contributed by atoms with E-state index in [2.05, 4.69) is 5.32 Å². The Bertz CT molecular complexity index is 1190. The summed E-state index contributed by atoms with van der Waals surface area (Å²) in [5.74, 6) is -1.69. The topological polar surface area (TPSA) is 71.3 Å². The number of carbonyl (C=O) groups excluding carboxylic acids is 1. The monoisotopic (exact) mass is 462 g/mol. The molecule has 3 rings (SSSR count). The number of nitrogens with zero attached hydrogens (tertiary/aromatic N) is 1. The van der Waals surface area contributed by atoms with Crippen LogP contribution in [0.3, 0.4) is 0 Å². The molecule has 162 valence electrons. The molecule has 0 atom stereocenters. The van der Waals surface area contributed by atoms with Crippen molar-refractivity contribution in [3.05, 3.63) is 85.4 Å². The maximum Gasteiger partial charge on any atom is 0.293 e. The molecule has 0 saturated carbocycles. The summed E-state index contributed by atoms with van der Waals surface area (Å²) in [4.78, 5) is 25.1. The summed E-state index contributed by atoms with van der Waals surface area (Å²) in [7, 11) is 1.45. The Morgan fingerprint density at radius 3 is 2.55 bits per heavy atom. The van der Waals surface area contributed by atoms with Gasteiger partial charge >= 0.3 is 0 Å². The molecular formula is C23H21Cl2FN2O3. The van der Waals surface area contributed by atoms with Crippen LogP contribution in [-0.2, 0) is 13.5 Å². The standard InChI is InChI=1S/C23H21Cl2FN2O3/c1-13-8-15(11-16(26)9-13)20-12-17(21(29)23(31)28(20)2)22(30)27-7-3-4-14-5-6-18(24)19(25)10-14/h5-6,8-12,29H,3-4,7H2,1-2H3,(H,27,30). The number of rotatable bonds is 6. The molecule has 0 radical (unpaired) electrons. The number of benzene rings is 2. The first-order valence-electron chi connectivity index (χ1n) is 9.60. The van der Waals surface area contributed by atoms with Gasteiger partial charge in [0.1, 0.15) is 5.82 Å². The molecule has 0 aliphatic rings. The molecule has 1 amide bonds. The zero-order valence-electron chi connectivity index (χ0n) is 17.0. The summed E-state index contributed by atoms with van der Waals surface area (Å²) in [6, 6.07) is 11.1. The van der Waals surface area contributed by atoms with Crippen molar-refractivity contribution in [1.82, 2.24) is 9.88 Å². The van der Waals surface area contributed by atoms with E-state index < -0.39 is 23.0 Å². The van der Waals surface area contributed by atoms with Crippen molar-refractivity contribution in [3.63, 3.8) is 0 Å². The fraction of sp³-hybridized carbons (Fsp3) is 0.217. The highest BCUT2D eigenvalue weighted by Gasteiger charge is 2.19. The van der Waals surface area contributed by atoms with E-state index in [0.717, 1.165) is 5.56 Å². The Hall–Kier alpha value is -2.83. The van der Waals surface area contributed by atoms with Crippen molar-refractivity contribution in [3.8, 4) is 17.0 Å². The number of aryl methyl sites for hydroxylation is 2. The molecule has 2 N–H and O–H groups in total. The van der Waals surface area contributed by atoms with Gasteiger partial charge in [0, 0.05) is 19.2 Å². The summed E-state index contributed by atoms with van der Waals surface area (Å²) >= 11 is 11.9. The van der Waals surface area contributed by atoms with Crippen LogP contribution in [0.25, 0.3) is 11.3 Å². The number of hydrogen-bond donors (Lipinski definition) is 2. The third-order valence-corrected chi connectivity index (χ3v) is 5.64. The molecule has 3 aromatic rings. The Kier molecular flexibility index (Phi) is 7.03. The van der Waals surface area contributed by atoms with E-state index >= 15 is 0 Å². The van der Waals surface area contributed by atoms with E-state index in [9.17, 15) is 19.1 Å². The molecule has 0 saturated heterocycles. The van der Waals surface area contributed by atoms with Gasteiger partial charge in [0.05, 0.1) is 21.3 Å². The van der Waals surface area contributed by atoms with Crippen molar-refractivity contribution < 1.29 is 14.3 Å². The van der Waals surface area contributed by atoms with Gasteiger partial charge in [-0.25, -0.2) is 4.39 Å². The van der Waals surface area contributed by atoms with E-state index in [1.165, 1.54) is 29.8 Å². The van der Waals surface area contributed by atoms with Gasteiger partial charge in [-0.15, -0.1) is 0 Å². The lowest BCUT2D eigenvalue weighted by Gasteiger charge is -2.13. The molecule has 0 bridgehead atoms.